The van der Waals surface area contributed by atoms with E-state index in [2.05, 4.69) is 82.9 Å². The summed E-state index contributed by atoms with van der Waals surface area (Å²) in [6.07, 6.45) is 0. The zero-order chi connectivity index (χ0) is 14.8. The molecule has 1 nitrogen and oxygen atoms in total. The van der Waals surface area contributed by atoms with Crippen LogP contribution in [0.3, 0.4) is 0 Å². The molecule has 1 atom stereocenters. The van der Waals surface area contributed by atoms with Crippen molar-refractivity contribution in [3.63, 3.8) is 0 Å². The third-order valence-corrected chi connectivity index (χ3v) is 5.02. The van der Waals surface area contributed by atoms with E-state index in [9.17, 15) is 0 Å². The molecule has 3 aromatic rings. The van der Waals surface area contributed by atoms with Crippen molar-refractivity contribution < 1.29 is 0 Å². The second kappa shape index (κ2) is 6.30. The van der Waals surface area contributed by atoms with Crippen LogP contribution in [0.15, 0.2) is 52.3 Å². The van der Waals surface area contributed by atoms with Crippen LogP contribution in [0.25, 0.3) is 10.8 Å². The maximum atomic E-state index is 3.60. The van der Waals surface area contributed by atoms with Crippen LogP contribution in [0, 0.1) is 6.92 Å². The molecule has 3 rings (SSSR count). The molecule has 108 valence electrons. The van der Waals surface area contributed by atoms with E-state index in [1.165, 1.54) is 26.8 Å². The van der Waals surface area contributed by atoms with Crippen LogP contribution < -0.4 is 5.32 Å². The van der Waals surface area contributed by atoms with Crippen LogP contribution in [-0.2, 0) is 0 Å². The largest absolute Gasteiger partial charge is 0.307 e. The number of hydrogen-bond acceptors (Lipinski definition) is 2. The van der Waals surface area contributed by atoms with E-state index >= 15 is 0 Å². The predicted molar refractivity (Wildman–Crippen MR) is 96.2 cm³/mol. The topological polar surface area (TPSA) is 12.0 Å². The third-order valence-electron chi connectivity index (χ3n) is 3.65. The van der Waals surface area contributed by atoms with Crippen LogP contribution in [0.2, 0.25) is 0 Å². The summed E-state index contributed by atoms with van der Waals surface area (Å²) in [4.78, 5) is 1.36. The quantitative estimate of drug-likeness (QED) is 0.632. The molecular weight excluding hydrogens is 342 g/mol. The molecular formula is C18H18BrNS. The van der Waals surface area contributed by atoms with Gasteiger partial charge in [-0.15, -0.1) is 11.3 Å². The summed E-state index contributed by atoms with van der Waals surface area (Å²) < 4.78 is 1.12. The summed E-state index contributed by atoms with van der Waals surface area (Å²) in [7, 11) is 0. The lowest BCUT2D eigenvalue weighted by molar-refractivity contribution is 0.633. The molecule has 0 amide bonds. The molecule has 0 spiro atoms. The first kappa shape index (κ1) is 14.8. The molecule has 0 radical (unpaired) electrons. The van der Waals surface area contributed by atoms with Gasteiger partial charge >= 0.3 is 0 Å². The Balaban J connectivity index is 2.04. The number of halogens is 1. The van der Waals surface area contributed by atoms with Gasteiger partial charge in [-0.05, 0) is 65.0 Å². The Morgan fingerprint density at radius 3 is 2.52 bits per heavy atom. The van der Waals surface area contributed by atoms with Crippen molar-refractivity contribution in [1.82, 2.24) is 5.32 Å². The molecule has 0 aliphatic rings. The maximum Gasteiger partial charge on any atom is 0.0585 e. The smallest absolute Gasteiger partial charge is 0.0585 e. The van der Waals surface area contributed by atoms with Crippen LogP contribution in [0.1, 0.15) is 29.0 Å². The highest BCUT2D eigenvalue weighted by Gasteiger charge is 2.14. The molecule has 1 heterocycles. The molecule has 0 bridgehead atoms. The van der Waals surface area contributed by atoms with Crippen LogP contribution in [-0.4, -0.2) is 6.54 Å². The van der Waals surface area contributed by atoms with E-state index in [4.69, 9.17) is 0 Å². The van der Waals surface area contributed by atoms with Gasteiger partial charge in [0.1, 0.15) is 0 Å². The first-order valence-electron chi connectivity index (χ1n) is 7.15. The first-order valence-corrected chi connectivity index (χ1v) is 8.82. The average Bonchev–Trinajstić information content (AvgIpc) is 2.90. The molecule has 0 aliphatic heterocycles. The van der Waals surface area contributed by atoms with Crippen molar-refractivity contribution in [3.8, 4) is 0 Å². The molecule has 0 saturated heterocycles. The molecule has 1 N–H and O–H groups in total. The summed E-state index contributed by atoms with van der Waals surface area (Å²) in [6.45, 7) is 5.28. The van der Waals surface area contributed by atoms with E-state index in [0.29, 0.717) is 0 Å². The number of benzene rings is 2. The van der Waals surface area contributed by atoms with Crippen molar-refractivity contribution in [2.45, 2.75) is 19.9 Å². The maximum absolute atomic E-state index is 3.60. The normalized spacial score (nSPS) is 12.7. The van der Waals surface area contributed by atoms with Crippen LogP contribution in [0.5, 0.6) is 0 Å². The van der Waals surface area contributed by atoms with Crippen molar-refractivity contribution in [2.24, 2.45) is 0 Å². The van der Waals surface area contributed by atoms with Gasteiger partial charge in [-0.25, -0.2) is 0 Å². The van der Waals surface area contributed by atoms with Crippen molar-refractivity contribution in [3.05, 3.63) is 68.3 Å². The Morgan fingerprint density at radius 2 is 1.81 bits per heavy atom. The number of rotatable bonds is 4. The van der Waals surface area contributed by atoms with Gasteiger partial charge in [-0.1, -0.05) is 41.1 Å². The van der Waals surface area contributed by atoms with Gasteiger partial charge in [-0.2, -0.15) is 0 Å². The van der Waals surface area contributed by atoms with Gasteiger partial charge in [0, 0.05) is 9.35 Å². The highest BCUT2D eigenvalue weighted by atomic mass is 79.9. The third kappa shape index (κ3) is 3.20. The van der Waals surface area contributed by atoms with Gasteiger partial charge in [-0.3, -0.25) is 0 Å². The Hall–Kier alpha value is -1.16. The Bertz CT molecular complexity index is 763. The molecule has 0 fully saturated rings. The number of nitrogens with one attached hydrogen (secondary N) is 1. The summed E-state index contributed by atoms with van der Waals surface area (Å²) in [6, 6.07) is 15.7. The average molecular weight is 360 g/mol. The lowest BCUT2D eigenvalue weighted by Gasteiger charge is -2.18. The van der Waals surface area contributed by atoms with Crippen molar-refractivity contribution in [1.29, 1.82) is 0 Å². The molecule has 1 aromatic heterocycles. The highest BCUT2D eigenvalue weighted by molar-refractivity contribution is 9.10. The summed E-state index contributed by atoms with van der Waals surface area (Å²) in [5.41, 5.74) is 2.68. The number of aryl methyl sites for hydroxylation is 1. The summed E-state index contributed by atoms with van der Waals surface area (Å²) >= 11 is 5.35. The molecule has 21 heavy (non-hydrogen) atoms. The van der Waals surface area contributed by atoms with Crippen LogP contribution in [0.4, 0.5) is 0 Å². The Labute approximate surface area is 138 Å². The van der Waals surface area contributed by atoms with E-state index in [0.717, 1.165) is 11.0 Å². The van der Waals surface area contributed by atoms with Crippen LogP contribution >= 0.6 is 27.3 Å². The standard InChI is InChI=1S/C18H18BrNS/c1-3-20-18(16-8-12(2)21-11-16)15-5-4-14-10-17(19)7-6-13(14)9-15/h4-11,18,20H,3H2,1-2H3. The molecule has 3 heteroatoms. The highest BCUT2D eigenvalue weighted by Crippen LogP contribution is 2.29. The van der Waals surface area contributed by atoms with Gasteiger partial charge < -0.3 is 5.32 Å². The number of thiophene rings is 1. The zero-order valence-electron chi connectivity index (χ0n) is 12.2. The van der Waals surface area contributed by atoms with Crippen molar-refractivity contribution in [2.75, 3.05) is 6.54 Å². The van der Waals surface area contributed by atoms with Gasteiger partial charge in [0.15, 0.2) is 0 Å². The summed E-state index contributed by atoms with van der Waals surface area (Å²) in [5, 5.41) is 8.41. The van der Waals surface area contributed by atoms with E-state index < -0.39 is 0 Å². The fourth-order valence-electron chi connectivity index (χ4n) is 2.66. The van der Waals surface area contributed by atoms with Gasteiger partial charge in [0.2, 0.25) is 0 Å². The lowest BCUT2D eigenvalue weighted by Crippen LogP contribution is -2.21. The predicted octanol–water partition coefficient (Wildman–Crippen LogP) is 5.67. The summed E-state index contributed by atoms with van der Waals surface area (Å²) in [5.74, 6) is 0. The van der Waals surface area contributed by atoms with Gasteiger partial charge in [0.25, 0.3) is 0 Å². The monoisotopic (exact) mass is 359 g/mol. The number of hydrogen-bond donors (Lipinski definition) is 1. The first-order chi connectivity index (χ1) is 10.2. The van der Waals surface area contributed by atoms with Gasteiger partial charge in [0.05, 0.1) is 6.04 Å². The van der Waals surface area contributed by atoms with E-state index in [1.54, 1.807) is 0 Å². The zero-order valence-corrected chi connectivity index (χ0v) is 14.6. The minimum absolute atomic E-state index is 0.271. The molecule has 0 saturated carbocycles. The second-order valence-corrected chi connectivity index (χ2v) is 7.26. The SMILES string of the molecule is CCNC(c1csc(C)c1)c1ccc2cc(Br)ccc2c1. The Kier molecular flexibility index (Phi) is 4.43. The van der Waals surface area contributed by atoms with E-state index in [-0.39, 0.29) is 6.04 Å². The Morgan fingerprint density at radius 1 is 1.05 bits per heavy atom. The molecule has 1 unspecified atom stereocenters. The fraction of sp³-hybridized carbons (Fsp3) is 0.222. The minimum Gasteiger partial charge on any atom is -0.307 e. The minimum atomic E-state index is 0.271. The molecule has 0 aliphatic carbocycles. The van der Waals surface area contributed by atoms with Crippen molar-refractivity contribution >= 4 is 38.0 Å². The fourth-order valence-corrected chi connectivity index (χ4v) is 3.77. The van der Waals surface area contributed by atoms with E-state index in [1.807, 2.05) is 11.3 Å². The number of fused-ring (bicyclic) bond motifs is 1. The second-order valence-electron chi connectivity index (χ2n) is 5.23. The molecule has 2 aromatic carbocycles. The lowest BCUT2D eigenvalue weighted by atomic mass is 9.98.